The van der Waals surface area contributed by atoms with Gasteiger partial charge in [0.05, 0.1) is 19.8 Å². The predicted molar refractivity (Wildman–Crippen MR) is 99.6 cm³/mol. The summed E-state index contributed by atoms with van der Waals surface area (Å²) in [6.07, 6.45) is 4.54. The van der Waals surface area contributed by atoms with Crippen LogP contribution in [-0.2, 0) is 14.1 Å². The largest absolute Gasteiger partial charge is 0.498 e. The van der Waals surface area contributed by atoms with Crippen molar-refractivity contribution in [3.05, 3.63) is 65.4 Å². The van der Waals surface area contributed by atoms with Crippen molar-refractivity contribution in [1.82, 2.24) is 0 Å². The molecule has 1 aromatic rings. The van der Waals surface area contributed by atoms with Gasteiger partial charge in [-0.3, -0.25) is 0 Å². The molecular formula is C20H22BNO4. The van der Waals surface area contributed by atoms with Gasteiger partial charge in [-0.2, -0.15) is 5.26 Å². The summed E-state index contributed by atoms with van der Waals surface area (Å²) < 4.78 is 17.2. The molecule has 0 fully saturated rings. The molecule has 2 unspecified atom stereocenters. The highest BCUT2D eigenvalue weighted by Crippen LogP contribution is 2.48. The first-order valence-corrected chi connectivity index (χ1v) is 8.73. The van der Waals surface area contributed by atoms with Crippen LogP contribution in [-0.4, -0.2) is 38.1 Å². The quantitative estimate of drug-likeness (QED) is 0.798. The van der Waals surface area contributed by atoms with Crippen molar-refractivity contribution in [3.63, 3.8) is 0 Å². The third kappa shape index (κ3) is 3.10. The number of methoxy groups -OCH3 is 1. The number of rotatable bonds is 6. The van der Waals surface area contributed by atoms with E-state index in [1.54, 1.807) is 13.1 Å². The first-order valence-electron chi connectivity index (χ1n) is 8.73. The topological polar surface area (TPSA) is 71.7 Å². The van der Waals surface area contributed by atoms with Crippen LogP contribution in [0.5, 0.6) is 0 Å². The van der Waals surface area contributed by atoms with Crippen molar-refractivity contribution >= 4 is 12.7 Å². The molecule has 0 spiro atoms. The maximum atomic E-state index is 10.1. The molecule has 1 aromatic carbocycles. The predicted octanol–water partition coefficient (Wildman–Crippen LogP) is 2.90. The van der Waals surface area contributed by atoms with Gasteiger partial charge in [0.1, 0.15) is 11.7 Å². The van der Waals surface area contributed by atoms with E-state index in [1.165, 1.54) is 0 Å². The number of hydrogen-bond acceptors (Lipinski definition) is 5. The van der Waals surface area contributed by atoms with Crippen LogP contribution < -0.4 is 0 Å². The van der Waals surface area contributed by atoms with Gasteiger partial charge in [-0.15, -0.1) is 0 Å². The summed E-state index contributed by atoms with van der Waals surface area (Å²) in [6, 6.07) is 12.2. The Hall–Kier alpha value is -2.33. The van der Waals surface area contributed by atoms with E-state index in [0.717, 1.165) is 17.6 Å². The highest BCUT2D eigenvalue weighted by Gasteiger charge is 2.53. The summed E-state index contributed by atoms with van der Waals surface area (Å²) in [4.78, 5) is 0. The summed E-state index contributed by atoms with van der Waals surface area (Å²) in [5.74, 6) is 1.53. The molecule has 0 bridgehead atoms. The van der Waals surface area contributed by atoms with Gasteiger partial charge in [-0.05, 0) is 35.2 Å². The van der Waals surface area contributed by atoms with Crippen LogP contribution in [0.15, 0.2) is 59.8 Å². The number of allylic oxidation sites excluding steroid dienone is 2. The molecule has 6 heteroatoms. The summed E-state index contributed by atoms with van der Waals surface area (Å²) >= 11 is 0. The Balaban J connectivity index is 2.17. The molecule has 2 aliphatic rings. The van der Waals surface area contributed by atoms with E-state index in [4.69, 9.17) is 14.1 Å². The lowest BCUT2D eigenvalue weighted by atomic mass is 9.70. The van der Waals surface area contributed by atoms with Gasteiger partial charge in [0.25, 0.3) is 0 Å². The van der Waals surface area contributed by atoms with Gasteiger partial charge in [0.15, 0.2) is 5.60 Å². The van der Waals surface area contributed by atoms with E-state index in [2.05, 4.69) is 6.07 Å². The molecule has 5 nitrogen and oxygen atoms in total. The van der Waals surface area contributed by atoms with Crippen LogP contribution in [0.4, 0.5) is 0 Å². The Labute approximate surface area is 154 Å². The fraction of sp³-hybridized carbons (Fsp3) is 0.350. The van der Waals surface area contributed by atoms with Crippen LogP contribution in [0.25, 0.3) is 5.57 Å². The Morgan fingerprint density at radius 2 is 2.12 bits per heavy atom. The Morgan fingerprint density at radius 1 is 1.35 bits per heavy atom. The van der Waals surface area contributed by atoms with Gasteiger partial charge >= 0.3 is 7.12 Å². The second-order valence-electron chi connectivity index (χ2n) is 6.26. The van der Waals surface area contributed by atoms with E-state index < -0.39 is 18.6 Å². The SMILES string of the molecule is CCCOC1(C2=CB(O)OC2)C(OC)=CC=C(c2ccccc2)C1C#N. The minimum absolute atomic E-state index is 0.186. The first-order chi connectivity index (χ1) is 12.7. The molecule has 0 amide bonds. The fourth-order valence-corrected chi connectivity index (χ4v) is 3.55. The standard InChI is InChI=1S/C20H22BNO4/c1-3-11-25-20(16-12-21(23)26-14-16)18(13-22)17(9-10-19(20)24-2)15-7-5-4-6-8-15/h4-10,12,18,23H,3,11,14H2,1-2H3. The lowest BCUT2D eigenvalue weighted by Gasteiger charge is -2.42. The number of benzene rings is 1. The van der Waals surface area contributed by atoms with Crippen molar-refractivity contribution in [2.45, 2.75) is 18.9 Å². The minimum atomic E-state index is -1.11. The summed E-state index contributed by atoms with van der Waals surface area (Å²) in [5.41, 5.74) is 1.40. The van der Waals surface area contributed by atoms with E-state index in [0.29, 0.717) is 17.9 Å². The molecule has 0 saturated carbocycles. The van der Waals surface area contributed by atoms with Gasteiger partial charge in [0, 0.05) is 6.61 Å². The minimum Gasteiger partial charge on any atom is -0.498 e. The molecule has 1 aliphatic heterocycles. The molecular weight excluding hydrogens is 329 g/mol. The van der Waals surface area contributed by atoms with Gasteiger partial charge in [-0.1, -0.05) is 43.3 Å². The molecule has 26 heavy (non-hydrogen) atoms. The average Bonchev–Trinajstić information content (AvgIpc) is 3.12. The second kappa shape index (κ2) is 7.92. The maximum Gasteiger partial charge on any atom is 0.483 e. The van der Waals surface area contributed by atoms with Gasteiger partial charge < -0.3 is 19.2 Å². The third-order valence-corrected chi connectivity index (χ3v) is 4.72. The molecule has 1 aliphatic carbocycles. The van der Waals surface area contributed by atoms with Crippen molar-refractivity contribution in [1.29, 1.82) is 5.26 Å². The molecule has 2 atom stereocenters. The highest BCUT2D eigenvalue weighted by atomic mass is 16.6. The third-order valence-electron chi connectivity index (χ3n) is 4.72. The van der Waals surface area contributed by atoms with E-state index in [9.17, 15) is 10.3 Å². The molecule has 1 N–H and O–H groups in total. The zero-order valence-corrected chi connectivity index (χ0v) is 15.0. The number of nitriles is 1. The lowest BCUT2D eigenvalue weighted by molar-refractivity contribution is -0.0416. The van der Waals surface area contributed by atoms with Crippen LogP contribution in [0.1, 0.15) is 18.9 Å². The normalized spacial score (nSPS) is 25.2. The zero-order chi connectivity index (χ0) is 18.6. The molecule has 3 rings (SSSR count). The summed E-state index contributed by atoms with van der Waals surface area (Å²) in [7, 11) is 0.564. The molecule has 0 saturated heterocycles. The Kier molecular flexibility index (Phi) is 5.62. The van der Waals surface area contributed by atoms with Crippen molar-refractivity contribution in [2.75, 3.05) is 20.3 Å². The smallest absolute Gasteiger partial charge is 0.483 e. The van der Waals surface area contributed by atoms with Gasteiger partial charge in [-0.25, -0.2) is 0 Å². The second-order valence-corrected chi connectivity index (χ2v) is 6.26. The molecule has 0 radical (unpaired) electrons. The first kappa shape index (κ1) is 18.5. The van der Waals surface area contributed by atoms with Crippen molar-refractivity contribution in [3.8, 4) is 6.07 Å². The number of nitrogens with zero attached hydrogens (tertiary/aromatic N) is 1. The van der Waals surface area contributed by atoms with Crippen molar-refractivity contribution in [2.24, 2.45) is 5.92 Å². The van der Waals surface area contributed by atoms with Crippen LogP contribution in [0.2, 0.25) is 0 Å². The maximum absolute atomic E-state index is 10.1. The molecule has 0 aromatic heterocycles. The fourth-order valence-electron chi connectivity index (χ4n) is 3.55. The van der Waals surface area contributed by atoms with Gasteiger partial charge in [0.2, 0.25) is 0 Å². The van der Waals surface area contributed by atoms with Crippen LogP contribution >= 0.6 is 0 Å². The van der Waals surface area contributed by atoms with Crippen LogP contribution in [0.3, 0.4) is 0 Å². The van der Waals surface area contributed by atoms with Crippen LogP contribution in [0, 0.1) is 17.2 Å². The van der Waals surface area contributed by atoms with E-state index in [-0.39, 0.29) is 6.61 Å². The van der Waals surface area contributed by atoms with Crippen molar-refractivity contribution < 1.29 is 19.2 Å². The average molecular weight is 351 g/mol. The summed E-state index contributed by atoms with van der Waals surface area (Å²) in [6.45, 7) is 2.65. The number of hydrogen-bond donors (Lipinski definition) is 1. The van der Waals surface area contributed by atoms with E-state index in [1.807, 2.05) is 49.4 Å². The summed E-state index contributed by atoms with van der Waals surface area (Å²) in [5, 5.41) is 20.0. The Bertz CT molecular complexity index is 781. The monoisotopic (exact) mass is 351 g/mol. The highest BCUT2D eigenvalue weighted by molar-refractivity contribution is 6.50. The zero-order valence-electron chi connectivity index (χ0n) is 15.0. The molecule has 134 valence electrons. The van der Waals surface area contributed by atoms with E-state index >= 15 is 0 Å². The lowest BCUT2D eigenvalue weighted by Crippen LogP contribution is -2.47. The molecule has 1 heterocycles. The number of ether oxygens (including phenoxy) is 2. The Morgan fingerprint density at radius 3 is 2.69 bits per heavy atom.